The van der Waals surface area contributed by atoms with Crippen molar-refractivity contribution in [1.29, 1.82) is 0 Å². The molecule has 1 fully saturated rings. The highest BCUT2D eigenvalue weighted by Gasteiger charge is 2.22. The van der Waals surface area contributed by atoms with Crippen LogP contribution in [0, 0.1) is 0 Å². The van der Waals surface area contributed by atoms with E-state index in [9.17, 15) is 4.79 Å². The van der Waals surface area contributed by atoms with Crippen LogP contribution in [0.1, 0.15) is 5.69 Å². The molecule has 3 aromatic rings. The van der Waals surface area contributed by atoms with Crippen LogP contribution in [0.5, 0.6) is 11.5 Å². The SMILES string of the molecule is COc1ccccc1OCC(=O)N1CCN(Cc2cc3ccccn3n2)CC1. The summed E-state index contributed by atoms with van der Waals surface area (Å²) in [5.74, 6) is 1.22. The van der Waals surface area contributed by atoms with Crippen LogP contribution < -0.4 is 9.47 Å². The molecule has 1 aromatic carbocycles. The predicted molar refractivity (Wildman–Crippen MR) is 106 cm³/mol. The monoisotopic (exact) mass is 380 g/mol. The summed E-state index contributed by atoms with van der Waals surface area (Å²) in [7, 11) is 1.59. The van der Waals surface area contributed by atoms with Gasteiger partial charge in [-0.25, -0.2) is 4.52 Å². The second-order valence-corrected chi connectivity index (χ2v) is 6.80. The van der Waals surface area contributed by atoms with E-state index in [0.29, 0.717) is 24.6 Å². The van der Waals surface area contributed by atoms with E-state index in [1.54, 1.807) is 13.2 Å². The summed E-state index contributed by atoms with van der Waals surface area (Å²) in [5.41, 5.74) is 2.14. The first-order valence-electron chi connectivity index (χ1n) is 9.42. The number of ether oxygens (including phenoxy) is 2. The molecule has 0 aliphatic carbocycles. The van der Waals surface area contributed by atoms with E-state index < -0.39 is 0 Å². The van der Waals surface area contributed by atoms with Crippen LogP contribution >= 0.6 is 0 Å². The number of piperazine rings is 1. The number of fused-ring (bicyclic) bond motifs is 1. The maximum Gasteiger partial charge on any atom is 0.260 e. The standard InChI is InChI=1S/C21H24N4O3/c1-27-19-7-2-3-8-20(19)28-16-21(26)24-12-10-23(11-13-24)15-17-14-18-6-4-5-9-25(18)22-17/h2-9,14H,10-13,15-16H2,1H3. The smallest absolute Gasteiger partial charge is 0.260 e. The summed E-state index contributed by atoms with van der Waals surface area (Å²) in [6.07, 6.45) is 1.96. The Kier molecular flexibility index (Phi) is 5.43. The van der Waals surface area contributed by atoms with Crippen molar-refractivity contribution in [3.05, 3.63) is 60.4 Å². The number of carbonyl (C=O) groups excluding carboxylic acids is 1. The molecule has 0 atom stereocenters. The Labute approximate surface area is 164 Å². The maximum atomic E-state index is 12.5. The molecule has 2 aromatic heterocycles. The number of nitrogens with zero attached hydrogens (tertiary/aromatic N) is 4. The van der Waals surface area contributed by atoms with Gasteiger partial charge in [-0.05, 0) is 30.3 Å². The molecule has 0 saturated carbocycles. The van der Waals surface area contributed by atoms with Crippen molar-refractivity contribution < 1.29 is 14.3 Å². The van der Waals surface area contributed by atoms with Crippen molar-refractivity contribution >= 4 is 11.4 Å². The molecule has 1 aliphatic rings. The molecule has 0 N–H and O–H groups in total. The van der Waals surface area contributed by atoms with E-state index in [1.807, 2.05) is 45.9 Å². The Morgan fingerprint density at radius 3 is 2.54 bits per heavy atom. The van der Waals surface area contributed by atoms with Gasteiger partial charge in [-0.15, -0.1) is 0 Å². The minimum absolute atomic E-state index is 0.00159. The van der Waals surface area contributed by atoms with E-state index in [0.717, 1.165) is 30.8 Å². The lowest BCUT2D eigenvalue weighted by Gasteiger charge is -2.34. The third-order valence-electron chi connectivity index (χ3n) is 4.95. The largest absolute Gasteiger partial charge is 0.493 e. The van der Waals surface area contributed by atoms with Crippen molar-refractivity contribution in [3.63, 3.8) is 0 Å². The van der Waals surface area contributed by atoms with Crippen LogP contribution in [0.25, 0.3) is 5.52 Å². The van der Waals surface area contributed by atoms with Crippen molar-refractivity contribution in [2.75, 3.05) is 39.9 Å². The van der Waals surface area contributed by atoms with Crippen molar-refractivity contribution in [1.82, 2.24) is 19.4 Å². The number of para-hydroxylation sites is 2. The lowest BCUT2D eigenvalue weighted by Crippen LogP contribution is -2.49. The number of benzene rings is 1. The van der Waals surface area contributed by atoms with E-state index in [2.05, 4.69) is 22.1 Å². The Bertz CT molecular complexity index is 914. The number of hydrogen-bond acceptors (Lipinski definition) is 5. The molecule has 1 aliphatic heterocycles. The van der Waals surface area contributed by atoms with Crippen LogP contribution in [0.2, 0.25) is 0 Å². The molecule has 3 heterocycles. The first-order valence-corrected chi connectivity index (χ1v) is 9.42. The third kappa shape index (κ3) is 4.09. The Balaban J connectivity index is 1.27. The normalized spacial score (nSPS) is 15.0. The zero-order chi connectivity index (χ0) is 19.3. The number of aromatic nitrogens is 2. The van der Waals surface area contributed by atoms with Gasteiger partial charge in [0.05, 0.1) is 18.3 Å². The topological polar surface area (TPSA) is 59.3 Å². The number of methoxy groups -OCH3 is 1. The molecule has 0 radical (unpaired) electrons. The minimum Gasteiger partial charge on any atom is -0.493 e. The van der Waals surface area contributed by atoms with Crippen molar-refractivity contribution in [3.8, 4) is 11.5 Å². The van der Waals surface area contributed by atoms with Crippen LogP contribution in [0.3, 0.4) is 0 Å². The van der Waals surface area contributed by atoms with Crippen LogP contribution in [-0.2, 0) is 11.3 Å². The van der Waals surface area contributed by atoms with Crippen LogP contribution in [-0.4, -0.2) is 65.2 Å². The van der Waals surface area contributed by atoms with E-state index >= 15 is 0 Å². The molecule has 146 valence electrons. The summed E-state index contributed by atoms with van der Waals surface area (Å²) in [5, 5.41) is 4.60. The molecule has 0 spiro atoms. The molecule has 0 bridgehead atoms. The highest BCUT2D eigenvalue weighted by molar-refractivity contribution is 5.78. The minimum atomic E-state index is -0.00159. The van der Waals surface area contributed by atoms with E-state index in [-0.39, 0.29) is 12.5 Å². The third-order valence-corrected chi connectivity index (χ3v) is 4.95. The summed E-state index contributed by atoms with van der Waals surface area (Å²) in [6, 6.07) is 15.5. The highest BCUT2D eigenvalue weighted by atomic mass is 16.5. The van der Waals surface area contributed by atoms with Gasteiger partial charge in [0.15, 0.2) is 18.1 Å². The lowest BCUT2D eigenvalue weighted by molar-refractivity contribution is -0.135. The van der Waals surface area contributed by atoms with Gasteiger partial charge in [0.2, 0.25) is 0 Å². The van der Waals surface area contributed by atoms with Gasteiger partial charge in [-0.1, -0.05) is 18.2 Å². The molecule has 28 heavy (non-hydrogen) atoms. The second-order valence-electron chi connectivity index (χ2n) is 6.80. The fourth-order valence-electron chi connectivity index (χ4n) is 3.42. The fraction of sp³-hybridized carbons (Fsp3) is 0.333. The summed E-state index contributed by atoms with van der Waals surface area (Å²) in [6.45, 7) is 3.86. The number of carbonyl (C=O) groups is 1. The van der Waals surface area contributed by atoms with E-state index in [4.69, 9.17) is 9.47 Å². The van der Waals surface area contributed by atoms with Gasteiger partial charge in [-0.2, -0.15) is 5.10 Å². The summed E-state index contributed by atoms with van der Waals surface area (Å²) < 4.78 is 12.8. The van der Waals surface area contributed by atoms with Gasteiger partial charge >= 0.3 is 0 Å². The quantitative estimate of drug-likeness (QED) is 0.655. The Hall–Kier alpha value is -3.06. The summed E-state index contributed by atoms with van der Waals surface area (Å²) in [4.78, 5) is 16.7. The molecular weight excluding hydrogens is 356 g/mol. The fourth-order valence-corrected chi connectivity index (χ4v) is 3.42. The number of rotatable bonds is 6. The Morgan fingerprint density at radius 1 is 1.04 bits per heavy atom. The highest BCUT2D eigenvalue weighted by Crippen LogP contribution is 2.25. The molecule has 1 saturated heterocycles. The first-order chi connectivity index (χ1) is 13.7. The van der Waals surface area contributed by atoms with Gasteiger partial charge < -0.3 is 14.4 Å². The molecule has 0 unspecified atom stereocenters. The van der Waals surface area contributed by atoms with Crippen molar-refractivity contribution in [2.45, 2.75) is 6.54 Å². The molecule has 4 rings (SSSR count). The molecule has 7 heteroatoms. The molecular formula is C21H24N4O3. The number of pyridine rings is 1. The van der Waals surface area contributed by atoms with Gasteiger partial charge in [0, 0.05) is 38.9 Å². The average Bonchev–Trinajstić information content (AvgIpc) is 3.15. The summed E-state index contributed by atoms with van der Waals surface area (Å²) >= 11 is 0. The number of hydrogen-bond donors (Lipinski definition) is 0. The van der Waals surface area contributed by atoms with Gasteiger partial charge in [0.25, 0.3) is 5.91 Å². The van der Waals surface area contributed by atoms with Gasteiger partial charge in [0.1, 0.15) is 0 Å². The van der Waals surface area contributed by atoms with E-state index in [1.165, 1.54) is 0 Å². The Morgan fingerprint density at radius 2 is 1.79 bits per heavy atom. The zero-order valence-corrected chi connectivity index (χ0v) is 16.0. The number of amides is 1. The first kappa shape index (κ1) is 18.3. The second kappa shape index (κ2) is 8.31. The average molecular weight is 380 g/mol. The maximum absolute atomic E-state index is 12.5. The predicted octanol–water partition coefficient (Wildman–Crippen LogP) is 2.07. The van der Waals surface area contributed by atoms with Crippen molar-refractivity contribution in [2.24, 2.45) is 0 Å². The van der Waals surface area contributed by atoms with Crippen LogP contribution in [0.4, 0.5) is 0 Å². The zero-order valence-electron chi connectivity index (χ0n) is 16.0. The van der Waals surface area contributed by atoms with Gasteiger partial charge in [-0.3, -0.25) is 9.69 Å². The van der Waals surface area contributed by atoms with Crippen LogP contribution in [0.15, 0.2) is 54.7 Å². The molecule has 1 amide bonds. The lowest BCUT2D eigenvalue weighted by atomic mass is 10.2. The molecule has 7 nitrogen and oxygen atoms in total.